The van der Waals surface area contributed by atoms with Gasteiger partial charge in [-0.2, -0.15) is 0 Å². The molecule has 0 unspecified atom stereocenters. The SMILES string of the molecule is Cc1cc(Cl)cc(C)c1OC1(CCNC(C)(C)C)CCC1. The minimum Gasteiger partial charge on any atom is -0.487 e. The molecule has 0 atom stereocenters. The van der Waals surface area contributed by atoms with Gasteiger partial charge in [-0.15, -0.1) is 0 Å². The molecule has 0 aromatic heterocycles. The molecule has 1 saturated carbocycles. The third-order valence-electron chi connectivity index (χ3n) is 4.24. The van der Waals surface area contributed by atoms with Crippen molar-refractivity contribution < 1.29 is 4.74 Å². The molecule has 0 heterocycles. The second kappa shape index (κ2) is 6.18. The van der Waals surface area contributed by atoms with Gasteiger partial charge in [-0.25, -0.2) is 0 Å². The molecule has 1 fully saturated rings. The molecule has 0 amide bonds. The van der Waals surface area contributed by atoms with Crippen LogP contribution in [0.2, 0.25) is 5.02 Å². The average Bonchev–Trinajstić information content (AvgIpc) is 2.27. The van der Waals surface area contributed by atoms with Crippen LogP contribution in [0.5, 0.6) is 5.75 Å². The van der Waals surface area contributed by atoms with Gasteiger partial charge in [0.2, 0.25) is 0 Å². The van der Waals surface area contributed by atoms with Crippen molar-refractivity contribution in [3.63, 3.8) is 0 Å². The van der Waals surface area contributed by atoms with Crippen molar-refractivity contribution >= 4 is 11.6 Å². The van der Waals surface area contributed by atoms with E-state index in [9.17, 15) is 0 Å². The molecule has 1 aromatic rings. The van der Waals surface area contributed by atoms with Crippen LogP contribution >= 0.6 is 11.6 Å². The van der Waals surface area contributed by atoms with Crippen LogP contribution in [0.3, 0.4) is 0 Å². The predicted molar refractivity (Wildman–Crippen MR) is 90.5 cm³/mol. The maximum atomic E-state index is 6.47. The number of ether oxygens (including phenoxy) is 1. The number of rotatable bonds is 5. The van der Waals surface area contributed by atoms with Gasteiger partial charge < -0.3 is 10.1 Å². The maximum Gasteiger partial charge on any atom is 0.126 e. The molecule has 0 aliphatic heterocycles. The molecule has 1 aliphatic rings. The molecular weight excluding hydrogens is 282 g/mol. The molecule has 2 nitrogen and oxygen atoms in total. The summed E-state index contributed by atoms with van der Waals surface area (Å²) in [5, 5.41) is 4.36. The summed E-state index contributed by atoms with van der Waals surface area (Å²) in [6, 6.07) is 3.98. The number of nitrogens with one attached hydrogen (secondary N) is 1. The number of aryl methyl sites for hydroxylation is 2. The van der Waals surface area contributed by atoms with Crippen LogP contribution in [0, 0.1) is 13.8 Å². The van der Waals surface area contributed by atoms with Gasteiger partial charge in [-0.1, -0.05) is 11.6 Å². The molecule has 1 aliphatic carbocycles. The summed E-state index contributed by atoms with van der Waals surface area (Å²) < 4.78 is 6.47. The van der Waals surface area contributed by atoms with E-state index in [4.69, 9.17) is 16.3 Å². The van der Waals surface area contributed by atoms with Crippen molar-refractivity contribution in [1.82, 2.24) is 5.32 Å². The second-order valence-electron chi connectivity index (χ2n) is 7.43. The second-order valence-corrected chi connectivity index (χ2v) is 7.87. The first-order valence-corrected chi connectivity index (χ1v) is 8.29. The van der Waals surface area contributed by atoms with Gasteiger partial charge in [0, 0.05) is 10.6 Å². The summed E-state index contributed by atoms with van der Waals surface area (Å²) in [6.45, 7) is 11.8. The van der Waals surface area contributed by atoms with Crippen molar-refractivity contribution in [3.05, 3.63) is 28.3 Å². The number of halogens is 1. The molecule has 0 bridgehead atoms. The summed E-state index contributed by atoms with van der Waals surface area (Å²) in [4.78, 5) is 0. The Balaban J connectivity index is 2.05. The van der Waals surface area contributed by atoms with Crippen LogP contribution in [0.15, 0.2) is 12.1 Å². The zero-order valence-corrected chi connectivity index (χ0v) is 14.7. The minimum absolute atomic E-state index is 0.0155. The third-order valence-corrected chi connectivity index (χ3v) is 4.46. The molecule has 3 heteroatoms. The maximum absolute atomic E-state index is 6.47. The minimum atomic E-state index is 0.0155. The van der Waals surface area contributed by atoms with Crippen molar-refractivity contribution in [2.45, 2.75) is 71.4 Å². The Labute approximate surface area is 134 Å². The first-order valence-electron chi connectivity index (χ1n) is 7.92. The summed E-state index contributed by atoms with van der Waals surface area (Å²) in [7, 11) is 0. The molecule has 2 rings (SSSR count). The largest absolute Gasteiger partial charge is 0.487 e. The van der Waals surface area contributed by atoms with Crippen LogP contribution in [0.4, 0.5) is 0 Å². The first-order chi connectivity index (χ1) is 9.71. The van der Waals surface area contributed by atoms with Gasteiger partial charge in [-0.3, -0.25) is 0 Å². The van der Waals surface area contributed by atoms with Crippen LogP contribution in [0.1, 0.15) is 57.6 Å². The topological polar surface area (TPSA) is 21.3 Å². The predicted octanol–water partition coefficient (Wildman–Crippen LogP) is 5.04. The van der Waals surface area contributed by atoms with Gasteiger partial charge in [-0.05, 0) is 90.1 Å². The Morgan fingerprint density at radius 3 is 2.19 bits per heavy atom. The van der Waals surface area contributed by atoms with Crippen LogP contribution in [-0.2, 0) is 0 Å². The number of hydrogen-bond acceptors (Lipinski definition) is 2. The summed E-state index contributed by atoms with van der Waals surface area (Å²) in [5.74, 6) is 1.02. The molecule has 1 N–H and O–H groups in total. The molecular formula is C18H28ClNO. The van der Waals surface area contributed by atoms with Crippen molar-refractivity contribution in [2.75, 3.05) is 6.54 Å². The highest BCUT2D eigenvalue weighted by molar-refractivity contribution is 6.30. The Morgan fingerprint density at radius 2 is 1.76 bits per heavy atom. The average molecular weight is 310 g/mol. The smallest absolute Gasteiger partial charge is 0.126 e. The molecule has 1 aromatic carbocycles. The lowest BCUT2D eigenvalue weighted by Gasteiger charge is -2.43. The van der Waals surface area contributed by atoms with Gasteiger partial charge in [0.25, 0.3) is 0 Å². The molecule has 21 heavy (non-hydrogen) atoms. The first kappa shape index (κ1) is 16.6. The monoisotopic (exact) mass is 309 g/mol. The highest BCUT2D eigenvalue weighted by Crippen LogP contribution is 2.41. The van der Waals surface area contributed by atoms with E-state index in [-0.39, 0.29) is 11.1 Å². The fraction of sp³-hybridized carbons (Fsp3) is 0.667. The van der Waals surface area contributed by atoms with Crippen molar-refractivity contribution in [1.29, 1.82) is 0 Å². The number of hydrogen-bond donors (Lipinski definition) is 1. The summed E-state index contributed by atoms with van der Waals surface area (Å²) in [6.07, 6.45) is 4.63. The van der Waals surface area contributed by atoms with E-state index in [0.717, 1.165) is 47.7 Å². The highest BCUT2D eigenvalue weighted by Gasteiger charge is 2.39. The Hall–Kier alpha value is -0.730. The van der Waals surface area contributed by atoms with Crippen LogP contribution in [-0.4, -0.2) is 17.7 Å². The standard InChI is InChI=1S/C18H28ClNO/c1-13-11-15(19)12-14(2)16(13)21-18(7-6-8-18)9-10-20-17(3,4)5/h11-12,20H,6-10H2,1-5H3. The lowest BCUT2D eigenvalue weighted by Crippen LogP contribution is -2.47. The van der Waals surface area contributed by atoms with Crippen molar-refractivity contribution in [3.8, 4) is 5.75 Å². The molecule has 0 spiro atoms. The lowest BCUT2D eigenvalue weighted by atomic mass is 9.77. The Bertz CT molecular complexity index is 477. The van der Waals surface area contributed by atoms with E-state index in [1.165, 1.54) is 6.42 Å². The molecule has 0 saturated heterocycles. The van der Waals surface area contributed by atoms with E-state index in [1.807, 2.05) is 12.1 Å². The molecule has 118 valence electrons. The highest BCUT2D eigenvalue weighted by atomic mass is 35.5. The fourth-order valence-corrected chi connectivity index (χ4v) is 3.24. The Kier molecular flexibility index (Phi) is 4.89. The zero-order valence-electron chi connectivity index (χ0n) is 14.0. The fourth-order valence-electron chi connectivity index (χ4n) is 2.91. The zero-order chi connectivity index (χ0) is 15.7. The van der Waals surface area contributed by atoms with E-state index in [1.54, 1.807) is 0 Å². The van der Waals surface area contributed by atoms with Crippen molar-refractivity contribution in [2.24, 2.45) is 0 Å². The summed E-state index contributed by atoms with van der Waals surface area (Å²) in [5.41, 5.74) is 2.45. The van der Waals surface area contributed by atoms with E-state index in [2.05, 4.69) is 39.9 Å². The van der Waals surface area contributed by atoms with Gasteiger partial charge in [0.05, 0.1) is 0 Å². The van der Waals surface area contributed by atoms with Crippen LogP contribution in [0.25, 0.3) is 0 Å². The van der Waals surface area contributed by atoms with Gasteiger partial charge in [0.1, 0.15) is 11.4 Å². The third kappa shape index (κ3) is 4.37. The van der Waals surface area contributed by atoms with Gasteiger partial charge >= 0.3 is 0 Å². The van der Waals surface area contributed by atoms with E-state index in [0.29, 0.717) is 0 Å². The Morgan fingerprint density at radius 1 is 1.19 bits per heavy atom. The molecule has 0 radical (unpaired) electrons. The number of benzene rings is 1. The quantitative estimate of drug-likeness (QED) is 0.823. The van der Waals surface area contributed by atoms with E-state index >= 15 is 0 Å². The van der Waals surface area contributed by atoms with Crippen LogP contribution < -0.4 is 10.1 Å². The van der Waals surface area contributed by atoms with Gasteiger partial charge in [0.15, 0.2) is 0 Å². The normalized spacial score (nSPS) is 17.4. The lowest BCUT2D eigenvalue weighted by molar-refractivity contribution is -0.0163. The summed E-state index contributed by atoms with van der Waals surface area (Å²) >= 11 is 6.11. The van der Waals surface area contributed by atoms with E-state index < -0.39 is 0 Å².